The Morgan fingerprint density at radius 2 is 1.86 bits per heavy atom. The highest BCUT2D eigenvalue weighted by molar-refractivity contribution is 5.78. The van der Waals surface area contributed by atoms with E-state index in [1.54, 1.807) is 7.11 Å². The second-order valence-corrected chi connectivity index (χ2v) is 7.71. The molecule has 0 atom stereocenters. The van der Waals surface area contributed by atoms with Crippen molar-refractivity contribution in [1.29, 1.82) is 0 Å². The van der Waals surface area contributed by atoms with Gasteiger partial charge in [-0.1, -0.05) is 6.08 Å². The molecule has 1 saturated heterocycles. The van der Waals surface area contributed by atoms with Gasteiger partial charge in [-0.15, -0.1) is 0 Å². The van der Waals surface area contributed by atoms with Crippen LogP contribution in [-0.2, 0) is 0 Å². The van der Waals surface area contributed by atoms with E-state index in [-0.39, 0.29) is 0 Å². The molecule has 3 heterocycles. The SMILES string of the molecule is COc1ccc2ncc(C=Cc3cc(C)n(C4CCN(C)CC4)c3C)nc2c1. The molecule has 1 aliphatic heterocycles. The summed E-state index contributed by atoms with van der Waals surface area (Å²) in [5.41, 5.74) is 6.49. The predicted molar refractivity (Wildman–Crippen MR) is 115 cm³/mol. The van der Waals surface area contributed by atoms with Crippen molar-refractivity contribution < 1.29 is 4.74 Å². The van der Waals surface area contributed by atoms with Crippen LogP contribution in [0.15, 0.2) is 30.5 Å². The highest BCUT2D eigenvalue weighted by Crippen LogP contribution is 2.29. The van der Waals surface area contributed by atoms with Gasteiger partial charge in [0.05, 0.1) is 30.0 Å². The molecule has 2 aromatic heterocycles. The van der Waals surface area contributed by atoms with E-state index in [1.165, 1.54) is 42.9 Å². The zero-order valence-electron chi connectivity index (χ0n) is 17.1. The van der Waals surface area contributed by atoms with Crippen molar-refractivity contribution in [3.8, 4) is 5.75 Å². The number of aryl methyl sites for hydroxylation is 1. The van der Waals surface area contributed by atoms with Crippen molar-refractivity contribution in [3.05, 3.63) is 53.1 Å². The molecule has 3 aromatic rings. The summed E-state index contributed by atoms with van der Waals surface area (Å²) in [6, 6.07) is 8.65. The second kappa shape index (κ2) is 7.76. The number of benzene rings is 1. The summed E-state index contributed by atoms with van der Waals surface area (Å²) in [6.45, 7) is 6.78. The highest BCUT2D eigenvalue weighted by Gasteiger charge is 2.21. The lowest BCUT2D eigenvalue weighted by Gasteiger charge is -2.31. The summed E-state index contributed by atoms with van der Waals surface area (Å²) in [5, 5.41) is 0. The van der Waals surface area contributed by atoms with E-state index < -0.39 is 0 Å². The first-order chi connectivity index (χ1) is 13.5. The molecule has 0 radical (unpaired) electrons. The van der Waals surface area contributed by atoms with Gasteiger partial charge in [0.25, 0.3) is 0 Å². The first-order valence-corrected chi connectivity index (χ1v) is 9.91. The number of fused-ring (bicyclic) bond motifs is 1. The Kier molecular flexibility index (Phi) is 5.18. The van der Waals surface area contributed by atoms with E-state index in [4.69, 9.17) is 9.72 Å². The lowest BCUT2D eigenvalue weighted by molar-refractivity contribution is 0.218. The Morgan fingerprint density at radius 1 is 1.07 bits per heavy atom. The minimum atomic E-state index is 0.603. The molecular formula is C23H28N4O. The van der Waals surface area contributed by atoms with E-state index in [1.807, 2.05) is 30.5 Å². The maximum Gasteiger partial charge on any atom is 0.121 e. The number of likely N-dealkylation sites (tertiary alicyclic amines) is 1. The quantitative estimate of drug-likeness (QED) is 0.673. The summed E-state index contributed by atoms with van der Waals surface area (Å²) in [5.74, 6) is 0.796. The molecule has 0 bridgehead atoms. The predicted octanol–water partition coefficient (Wildman–Crippen LogP) is 4.49. The minimum absolute atomic E-state index is 0.603. The highest BCUT2D eigenvalue weighted by atomic mass is 16.5. The number of aromatic nitrogens is 3. The molecule has 0 N–H and O–H groups in total. The van der Waals surface area contributed by atoms with E-state index in [0.29, 0.717) is 6.04 Å². The Hall–Kier alpha value is -2.66. The molecule has 0 spiro atoms. The van der Waals surface area contributed by atoms with Crippen LogP contribution >= 0.6 is 0 Å². The third-order valence-corrected chi connectivity index (χ3v) is 5.78. The van der Waals surface area contributed by atoms with Gasteiger partial charge >= 0.3 is 0 Å². The zero-order valence-corrected chi connectivity index (χ0v) is 17.1. The van der Waals surface area contributed by atoms with Gasteiger partial charge in [0, 0.05) is 23.5 Å². The van der Waals surface area contributed by atoms with Crippen LogP contribution in [0.4, 0.5) is 0 Å². The number of hydrogen-bond donors (Lipinski definition) is 0. The number of nitrogens with zero attached hydrogens (tertiary/aromatic N) is 4. The van der Waals surface area contributed by atoms with Crippen LogP contribution in [0.25, 0.3) is 23.2 Å². The van der Waals surface area contributed by atoms with Gasteiger partial charge in [-0.25, -0.2) is 4.98 Å². The molecule has 1 fully saturated rings. The van der Waals surface area contributed by atoms with Crippen molar-refractivity contribution in [3.63, 3.8) is 0 Å². The first-order valence-electron chi connectivity index (χ1n) is 9.91. The van der Waals surface area contributed by atoms with E-state index >= 15 is 0 Å². The molecule has 4 rings (SSSR count). The third-order valence-electron chi connectivity index (χ3n) is 5.78. The van der Waals surface area contributed by atoms with Crippen LogP contribution in [0.3, 0.4) is 0 Å². The molecule has 0 saturated carbocycles. The molecule has 0 aliphatic carbocycles. The Balaban J connectivity index is 1.59. The van der Waals surface area contributed by atoms with Crippen LogP contribution in [0.1, 0.15) is 41.5 Å². The van der Waals surface area contributed by atoms with Gasteiger partial charge in [0.2, 0.25) is 0 Å². The van der Waals surface area contributed by atoms with Crippen LogP contribution in [0, 0.1) is 13.8 Å². The van der Waals surface area contributed by atoms with Crippen molar-refractivity contribution in [2.24, 2.45) is 0 Å². The van der Waals surface area contributed by atoms with Gasteiger partial charge in [-0.05, 0) is 76.7 Å². The molecule has 146 valence electrons. The van der Waals surface area contributed by atoms with E-state index in [9.17, 15) is 0 Å². The van der Waals surface area contributed by atoms with Gasteiger partial charge in [0.15, 0.2) is 0 Å². The molecule has 0 unspecified atom stereocenters. The second-order valence-electron chi connectivity index (χ2n) is 7.71. The minimum Gasteiger partial charge on any atom is -0.497 e. The monoisotopic (exact) mass is 376 g/mol. The summed E-state index contributed by atoms with van der Waals surface area (Å²) in [4.78, 5) is 11.6. The van der Waals surface area contributed by atoms with E-state index in [2.05, 4.69) is 47.5 Å². The van der Waals surface area contributed by atoms with Crippen molar-refractivity contribution in [1.82, 2.24) is 19.4 Å². The number of methoxy groups -OCH3 is 1. The van der Waals surface area contributed by atoms with Crippen LogP contribution in [0.2, 0.25) is 0 Å². The fourth-order valence-electron chi connectivity index (χ4n) is 4.17. The zero-order chi connectivity index (χ0) is 19.7. The van der Waals surface area contributed by atoms with Crippen LogP contribution < -0.4 is 4.74 Å². The van der Waals surface area contributed by atoms with Gasteiger partial charge in [-0.3, -0.25) is 4.98 Å². The Labute approximate surface area is 166 Å². The maximum atomic E-state index is 5.30. The summed E-state index contributed by atoms with van der Waals surface area (Å²) < 4.78 is 7.81. The molecule has 0 amide bonds. The van der Waals surface area contributed by atoms with Crippen molar-refractivity contribution in [2.45, 2.75) is 32.7 Å². The molecule has 1 aliphatic rings. The number of piperidine rings is 1. The van der Waals surface area contributed by atoms with Crippen molar-refractivity contribution in [2.75, 3.05) is 27.2 Å². The van der Waals surface area contributed by atoms with Gasteiger partial charge < -0.3 is 14.2 Å². The molecule has 28 heavy (non-hydrogen) atoms. The summed E-state index contributed by atoms with van der Waals surface area (Å²) in [7, 11) is 3.87. The number of hydrogen-bond acceptors (Lipinski definition) is 4. The standard InChI is InChI=1S/C23H28N4O/c1-16-13-18(17(2)27(16)20-9-11-26(3)12-10-20)5-6-19-15-24-22-8-7-21(28-4)14-23(22)25-19/h5-8,13-15,20H,9-12H2,1-4H3. The average molecular weight is 377 g/mol. The fourth-order valence-corrected chi connectivity index (χ4v) is 4.17. The number of ether oxygens (including phenoxy) is 1. The summed E-state index contributed by atoms with van der Waals surface area (Å²) in [6.07, 6.45) is 8.46. The Morgan fingerprint density at radius 3 is 2.61 bits per heavy atom. The smallest absolute Gasteiger partial charge is 0.121 e. The average Bonchev–Trinajstić information content (AvgIpc) is 2.99. The van der Waals surface area contributed by atoms with Gasteiger partial charge in [-0.2, -0.15) is 0 Å². The fraction of sp³-hybridized carbons (Fsp3) is 0.391. The lowest BCUT2D eigenvalue weighted by Crippen LogP contribution is -2.32. The third kappa shape index (κ3) is 3.67. The first kappa shape index (κ1) is 18.7. The topological polar surface area (TPSA) is 43.2 Å². The molecule has 5 heteroatoms. The largest absolute Gasteiger partial charge is 0.497 e. The number of rotatable bonds is 4. The maximum absolute atomic E-state index is 5.30. The normalized spacial score (nSPS) is 16.3. The van der Waals surface area contributed by atoms with Crippen molar-refractivity contribution >= 4 is 23.2 Å². The molecule has 1 aromatic carbocycles. The molecular weight excluding hydrogens is 348 g/mol. The lowest BCUT2D eigenvalue weighted by atomic mass is 10.0. The van der Waals surface area contributed by atoms with Gasteiger partial charge in [0.1, 0.15) is 5.75 Å². The van der Waals surface area contributed by atoms with E-state index in [0.717, 1.165) is 22.5 Å². The Bertz CT molecular complexity index is 1010. The summed E-state index contributed by atoms with van der Waals surface area (Å²) >= 11 is 0. The van der Waals surface area contributed by atoms with Crippen LogP contribution in [0.5, 0.6) is 5.75 Å². The van der Waals surface area contributed by atoms with Crippen LogP contribution in [-0.4, -0.2) is 46.7 Å². The molecule has 5 nitrogen and oxygen atoms in total.